The summed E-state index contributed by atoms with van der Waals surface area (Å²) < 4.78 is 18.9. The Kier molecular flexibility index (Phi) is 6.10. The van der Waals surface area contributed by atoms with Crippen molar-refractivity contribution in [2.45, 2.75) is 25.6 Å². The molecule has 1 atom stereocenters. The quantitative estimate of drug-likeness (QED) is 0.804. The highest BCUT2D eigenvalue weighted by Crippen LogP contribution is 2.15. The summed E-state index contributed by atoms with van der Waals surface area (Å²) in [4.78, 5) is 6.52. The maximum Gasteiger partial charge on any atom is 0.123 e. The van der Waals surface area contributed by atoms with E-state index in [1.54, 1.807) is 18.3 Å². The maximum atomic E-state index is 12.9. The minimum absolute atomic E-state index is 0.197. The molecule has 0 radical (unpaired) electrons. The molecule has 0 amide bonds. The first-order chi connectivity index (χ1) is 11.8. The molecule has 0 aliphatic carbocycles. The molecule has 0 spiro atoms. The van der Waals surface area contributed by atoms with Gasteiger partial charge in [-0.15, -0.1) is 0 Å². The number of halogens is 1. The number of piperidine rings is 1. The van der Waals surface area contributed by atoms with Crippen LogP contribution in [0.3, 0.4) is 0 Å². The molecule has 126 valence electrons. The van der Waals surface area contributed by atoms with E-state index in [-0.39, 0.29) is 11.9 Å². The third-order valence-electron chi connectivity index (χ3n) is 4.21. The topological polar surface area (TPSA) is 25.4 Å². The molecule has 1 aromatic carbocycles. The number of ether oxygens (including phenoxy) is 1. The predicted octanol–water partition coefficient (Wildman–Crippen LogP) is 3.92. The second kappa shape index (κ2) is 8.71. The Hall–Kier alpha value is -2.04. The predicted molar refractivity (Wildman–Crippen MR) is 93.9 cm³/mol. The lowest BCUT2D eigenvalue weighted by Gasteiger charge is -2.31. The Labute approximate surface area is 142 Å². The molecule has 2 heterocycles. The summed E-state index contributed by atoms with van der Waals surface area (Å²) in [6.45, 7) is 3.57. The zero-order chi connectivity index (χ0) is 16.6. The Morgan fingerprint density at radius 1 is 1.25 bits per heavy atom. The Morgan fingerprint density at radius 2 is 2.12 bits per heavy atom. The van der Waals surface area contributed by atoms with E-state index in [0.717, 1.165) is 43.6 Å². The average Bonchev–Trinajstić information content (AvgIpc) is 2.63. The summed E-state index contributed by atoms with van der Waals surface area (Å²) in [5, 5.41) is 0. The highest BCUT2D eigenvalue weighted by atomic mass is 19.1. The van der Waals surface area contributed by atoms with Crippen LogP contribution in [0.1, 0.15) is 24.0 Å². The first-order valence-electron chi connectivity index (χ1n) is 8.44. The van der Waals surface area contributed by atoms with Crippen LogP contribution in [0.25, 0.3) is 6.08 Å². The number of aromatic nitrogens is 1. The van der Waals surface area contributed by atoms with E-state index < -0.39 is 0 Å². The molecule has 1 aliphatic heterocycles. The zero-order valence-electron chi connectivity index (χ0n) is 13.8. The summed E-state index contributed by atoms with van der Waals surface area (Å²) in [6, 6.07) is 10.5. The molecule has 0 N–H and O–H groups in total. The summed E-state index contributed by atoms with van der Waals surface area (Å²) in [5.74, 6) is -0.197. The zero-order valence-corrected chi connectivity index (χ0v) is 13.8. The minimum Gasteiger partial charge on any atom is -0.372 e. The first kappa shape index (κ1) is 16.8. The molecule has 0 bridgehead atoms. The molecule has 1 aromatic heterocycles. The van der Waals surface area contributed by atoms with Gasteiger partial charge in [0.05, 0.1) is 12.7 Å². The van der Waals surface area contributed by atoms with E-state index in [1.807, 2.05) is 24.4 Å². The minimum atomic E-state index is -0.197. The van der Waals surface area contributed by atoms with Gasteiger partial charge in [0.1, 0.15) is 5.82 Å². The lowest BCUT2D eigenvalue weighted by atomic mass is 10.1. The van der Waals surface area contributed by atoms with Crippen molar-refractivity contribution in [2.24, 2.45) is 0 Å². The normalized spacial score (nSPS) is 19.0. The number of benzene rings is 1. The van der Waals surface area contributed by atoms with Gasteiger partial charge >= 0.3 is 0 Å². The average molecular weight is 326 g/mol. The molecule has 0 unspecified atom stereocenters. The maximum absolute atomic E-state index is 12.9. The molecular weight excluding hydrogens is 303 g/mol. The third-order valence-corrected chi connectivity index (χ3v) is 4.21. The van der Waals surface area contributed by atoms with Gasteiger partial charge in [0.25, 0.3) is 0 Å². The van der Waals surface area contributed by atoms with Gasteiger partial charge in [0.15, 0.2) is 0 Å². The van der Waals surface area contributed by atoms with E-state index in [0.29, 0.717) is 6.61 Å². The van der Waals surface area contributed by atoms with E-state index in [2.05, 4.69) is 16.0 Å². The van der Waals surface area contributed by atoms with Crippen molar-refractivity contribution >= 4 is 6.08 Å². The van der Waals surface area contributed by atoms with Crippen LogP contribution >= 0.6 is 0 Å². The fraction of sp³-hybridized carbons (Fsp3) is 0.350. The van der Waals surface area contributed by atoms with Crippen molar-refractivity contribution in [3.8, 4) is 0 Å². The van der Waals surface area contributed by atoms with Crippen molar-refractivity contribution < 1.29 is 9.13 Å². The number of hydrogen-bond donors (Lipinski definition) is 0. The van der Waals surface area contributed by atoms with Crippen molar-refractivity contribution in [3.05, 3.63) is 71.8 Å². The van der Waals surface area contributed by atoms with Crippen LogP contribution in [0.5, 0.6) is 0 Å². The molecule has 2 aromatic rings. The van der Waals surface area contributed by atoms with E-state index in [4.69, 9.17) is 4.74 Å². The number of nitrogens with zero attached hydrogens (tertiary/aromatic N) is 2. The molecular formula is C20H23FN2O. The first-order valence-corrected chi connectivity index (χ1v) is 8.44. The fourth-order valence-corrected chi connectivity index (χ4v) is 2.92. The van der Waals surface area contributed by atoms with Crippen molar-refractivity contribution in [3.63, 3.8) is 0 Å². The molecule has 1 saturated heterocycles. The van der Waals surface area contributed by atoms with E-state index in [9.17, 15) is 4.39 Å². The Balaban J connectivity index is 1.44. The summed E-state index contributed by atoms with van der Waals surface area (Å²) in [5.41, 5.74) is 2.14. The van der Waals surface area contributed by atoms with Crippen LogP contribution in [0.4, 0.5) is 4.39 Å². The van der Waals surface area contributed by atoms with Crippen LogP contribution in [0.15, 0.2) is 54.9 Å². The van der Waals surface area contributed by atoms with Crippen LogP contribution in [-0.2, 0) is 11.3 Å². The van der Waals surface area contributed by atoms with Crippen molar-refractivity contribution in [2.75, 3.05) is 19.6 Å². The lowest BCUT2D eigenvalue weighted by molar-refractivity contribution is -0.00716. The van der Waals surface area contributed by atoms with Gasteiger partial charge in [-0.05, 0) is 48.7 Å². The molecule has 3 rings (SSSR count). The lowest BCUT2D eigenvalue weighted by Crippen LogP contribution is -2.39. The van der Waals surface area contributed by atoms with Gasteiger partial charge in [-0.2, -0.15) is 0 Å². The highest BCUT2D eigenvalue weighted by Gasteiger charge is 2.19. The van der Waals surface area contributed by atoms with Crippen LogP contribution < -0.4 is 0 Å². The Morgan fingerprint density at radius 3 is 2.92 bits per heavy atom. The number of likely N-dealkylation sites (tertiary alicyclic amines) is 1. The van der Waals surface area contributed by atoms with Crippen molar-refractivity contribution in [1.29, 1.82) is 0 Å². The van der Waals surface area contributed by atoms with Gasteiger partial charge in [0, 0.05) is 25.5 Å². The van der Waals surface area contributed by atoms with Gasteiger partial charge in [-0.1, -0.05) is 30.4 Å². The molecule has 1 fully saturated rings. The second-order valence-electron chi connectivity index (χ2n) is 6.15. The van der Waals surface area contributed by atoms with Crippen LogP contribution in [-0.4, -0.2) is 35.6 Å². The van der Waals surface area contributed by atoms with Crippen LogP contribution in [0, 0.1) is 5.82 Å². The summed E-state index contributed by atoms with van der Waals surface area (Å²) >= 11 is 0. The number of hydrogen-bond acceptors (Lipinski definition) is 3. The number of pyridine rings is 1. The second-order valence-corrected chi connectivity index (χ2v) is 6.15. The third kappa shape index (κ3) is 5.25. The molecule has 24 heavy (non-hydrogen) atoms. The van der Waals surface area contributed by atoms with Crippen LogP contribution in [0.2, 0.25) is 0 Å². The molecule has 4 heteroatoms. The largest absolute Gasteiger partial charge is 0.372 e. The monoisotopic (exact) mass is 326 g/mol. The highest BCUT2D eigenvalue weighted by molar-refractivity contribution is 5.48. The van der Waals surface area contributed by atoms with Gasteiger partial charge < -0.3 is 4.74 Å². The van der Waals surface area contributed by atoms with E-state index in [1.165, 1.54) is 12.1 Å². The van der Waals surface area contributed by atoms with E-state index >= 15 is 0 Å². The fourth-order valence-electron chi connectivity index (χ4n) is 2.92. The van der Waals surface area contributed by atoms with Gasteiger partial charge in [-0.3, -0.25) is 9.88 Å². The molecule has 1 aliphatic rings. The number of rotatable bonds is 6. The smallest absolute Gasteiger partial charge is 0.123 e. The Bertz CT molecular complexity index is 642. The van der Waals surface area contributed by atoms with Gasteiger partial charge in [0.2, 0.25) is 0 Å². The SMILES string of the molecule is Fc1ccc(/C=C/CN2CCC[C@H](OCc3cccnc3)C2)cc1. The summed E-state index contributed by atoms with van der Waals surface area (Å²) in [7, 11) is 0. The molecule has 3 nitrogen and oxygen atoms in total. The summed E-state index contributed by atoms with van der Waals surface area (Å²) in [6.07, 6.45) is 10.3. The standard InChI is InChI=1S/C20H23FN2O/c21-19-9-7-17(8-10-19)5-2-12-23-13-3-6-20(15-23)24-16-18-4-1-11-22-14-18/h1-2,4-5,7-11,14,20H,3,6,12-13,15-16H2/b5-2+/t20-/m0/s1. The molecule has 0 saturated carbocycles. The van der Waals surface area contributed by atoms with Gasteiger partial charge in [-0.25, -0.2) is 4.39 Å². The van der Waals surface area contributed by atoms with Crippen molar-refractivity contribution in [1.82, 2.24) is 9.88 Å².